The van der Waals surface area contributed by atoms with Gasteiger partial charge in [0.15, 0.2) is 0 Å². The van der Waals surface area contributed by atoms with Crippen molar-refractivity contribution in [3.8, 4) is 5.75 Å². The van der Waals surface area contributed by atoms with E-state index in [0.29, 0.717) is 29.0 Å². The molecule has 0 spiro atoms. The van der Waals surface area contributed by atoms with Crippen LogP contribution in [0.4, 0.5) is 5.69 Å². The lowest BCUT2D eigenvalue weighted by atomic mass is 10.0. The zero-order valence-electron chi connectivity index (χ0n) is 17.5. The third-order valence-corrected chi connectivity index (χ3v) is 7.10. The number of aryl methyl sites for hydroxylation is 2. The van der Waals surface area contributed by atoms with Crippen molar-refractivity contribution >= 4 is 21.6 Å². The molecule has 6 heteroatoms. The summed E-state index contributed by atoms with van der Waals surface area (Å²) in [6.45, 7) is 9.32. The Morgan fingerprint density at radius 3 is 2.00 bits per heavy atom. The first-order chi connectivity index (χ1) is 13.1. The van der Waals surface area contributed by atoms with Crippen molar-refractivity contribution < 1.29 is 17.9 Å². The summed E-state index contributed by atoms with van der Waals surface area (Å²) in [5.74, 6) is 0.172. The van der Waals surface area contributed by atoms with E-state index in [1.165, 1.54) is 7.11 Å². The van der Waals surface area contributed by atoms with E-state index in [0.717, 1.165) is 21.9 Å². The van der Waals surface area contributed by atoms with Gasteiger partial charge in [0, 0.05) is 6.42 Å². The number of carbonyl (C=O) groups is 1. The molecule has 0 N–H and O–H groups in total. The summed E-state index contributed by atoms with van der Waals surface area (Å²) >= 11 is 0. The number of hydrogen-bond donors (Lipinski definition) is 0. The monoisotopic (exact) mass is 403 g/mol. The second-order valence-electron chi connectivity index (χ2n) is 7.05. The van der Waals surface area contributed by atoms with Crippen molar-refractivity contribution in [2.24, 2.45) is 0 Å². The highest BCUT2D eigenvalue weighted by atomic mass is 32.2. The maximum Gasteiger partial charge on any atom is 0.271 e. The van der Waals surface area contributed by atoms with Crippen molar-refractivity contribution in [3.63, 3.8) is 0 Å². The number of methoxy groups -OCH3 is 1. The molecule has 152 valence electrons. The maximum absolute atomic E-state index is 13.7. The topological polar surface area (TPSA) is 63.7 Å². The van der Waals surface area contributed by atoms with Crippen LogP contribution in [0.1, 0.15) is 48.4 Å². The molecule has 0 aromatic heterocycles. The van der Waals surface area contributed by atoms with Crippen LogP contribution < -0.4 is 9.04 Å². The van der Waals surface area contributed by atoms with Crippen molar-refractivity contribution in [2.45, 2.75) is 58.8 Å². The number of amides is 1. The van der Waals surface area contributed by atoms with Crippen LogP contribution in [0.25, 0.3) is 0 Å². The highest BCUT2D eigenvalue weighted by Gasteiger charge is 2.33. The fourth-order valence-corrected chi connectivity index (χ4v) is 5.26. The van der Waals surface area contributed by atoms with Crippen molar-refractivity contribution in [1.82, 2.24) is 0 Å². The number of sulfonamides is 1. The standard InChI is InChI=1S/C22H29NO4S/c1-7-8-9-21(24)23(19-10-12-20(27-6)13-11-19)28(25,26)22-17(4)15(2)14-16(3)18(22)5/h10-14H,7-9H2,1-6H3. The lowest BCUT2D eigenvalue weighted by Crippen LogP contribution is -2.37. The summed E-state index contributed by atoms with van der Waals surface area (Å²) in [5.41, 5.74) is 3.43. The number of hydrogen-bond acceptors (Lipinski definition) is 4. The molecule has 2 rings (SSSR count). The van der Waals surface area contributed by atoms with Gasteiger partial charge in [-0.25, -0.2) is 12.7 Å². The van der Waals surface area contributed by atoms with Gasteiger partial charge in [0.25, 0.3) is 10.0 Å². The Bertz CT molecular complexity index is 937. The molecule has 0 atom stereocenters. The Labute approximate surface area is 168 Å². The van der Waals surface area contributed by atoms with Crippen LogP contribution in [0, 0.1) is 27.7 Å². The molecule has 0 heterocycles. The largest absolute Gasteiger partial charge is 0.497 e. The van der Waals surface area contributed by atoms with E-state index in [-0.39, 0.29) is 11.3 Å². The van der Waals surface area contributed by atoms with Gasteiger partial charge in [0.05, 0.1) is 17.7 Å². The summed E-state index contributed by atoms with van der Waals surface area (Å²) in [6, 6.07) is 8.50. The number of anilines is 1. The number of ether oxygens (including phenoxy) is 1. The van der Waals surface area contributed by atoms with E-state index < -0.39 is 15.9 Å². The summed E-state index contributed by atoms with van der Waals surface area (Å²) in [4.78, 5) is 13.2. The van der Waals surface area contributed by atoms with E-state index in [1.54, 1.807) is 38.1 Å². The van der Waals surface area contributed by atoms with Gasteiger partial charge in [0.1, 0.15) is 5.75 Å². The third-order valence-electron chi connectivity index (χ3n) is 5.07. The SMILES string of the molecule is CCCCC(=O)N(c1ccc(OC)cc1)S(=O)(=O)c1c(C)c(C)cc(C)c1C. The number of carbonyl (C=O) groups excluding carboxylic acids is 1. The number of benzene rings is 2. The number of rotatable bonds is 7. The fraction of sp³-hybridized carbons (Fsp3) is 0.409. The van der Waals surface area contributed by atoms with Crippen LogP contribution in [0.5, 0.6) is 5.75 Å². The van der Waals surface area contributed by atoms with Crippen LogP contribution in [0.3, 0.4) is 0 Å². The number of nitrogens with zero attached hydrogens (tertiary/aromatic N) is 1. The molecule has 1 amide bonds. The Morgan fingerprint density at radius 2 is 1.54 bits per heavy atom. The van der Waals surface area contributed by atoms with Gasteiger partial charge in [0.2, 0.25) is 5.91 Å². The molecule has 0 saturated heterocycles. The van der Waals surface area contributed by atoms with Crippen molar-refractivity contribution in [1.29, 1.82) is 0 Å². The molecule has 28 heavy (non-hydrogen) atoms. The quantitative estimate of drug-likeness (QED) is 0.663. The van der Waals surface area contributed by atoms with Crippen LogP contribution in [0.2, 0.25) is 0 Å². The van der Waals surface area contributed by atoms with Gasteiger partial charge in [-0.15, -0.1) is 0 Å². The predicted octanol–water partition coefficient (Wildman–Crippen LogP) is 4.84. The van der Waals surface area contributed by atoms with E-state index in [4.69, 9.17) is 4.74 Å². The zero-order valence-corrected chi connectivity index (χ0v) is 18.3. The van der Waals surface area contributed by atoms with Gasteiger partial charge in [-0.2, -0.15) is 0 Å². The molecular formula is C22H29NO4S. The Morgan fingerprint density at radius 1 is 1.00 bits per heavy atom. The van der Waals surface area contributed by atoms with Crippen LogP contribution >= 0.6 is 0 Å². The van der Waals surface area contributed by atoms with Crippen LogP contribution in [-0.4, -0.2) is 21.4 Å². The molecular weight excluding hydrogens is 374 g/mol. The van der Waals surface area contributed by atoms with E-state index >= 15 is 0 Å². The molecule has 0 aliphatic rings. The van der Waals surface area contributed by atoms with Gasteiger partial charge in [-0.1, -0.05) is 19.4 Å². The Balaban J connectivity index is 2.70. The molecule has 5 nitrogen and oxygen atoms in total. The lowest BCUT2D eigenvalue weighted by molar-refractivity contribution is -0.117. The molecule has 2 aromatic carbocycles. The van der Waals surface area contributed by atoms with Crippen molar-refractivity contribution in [2.75, 3.05) is 11.4 Å². The second kappa shape index (κ2) is 8.78. The summed E-state index contributed by atoms with van der Waals surface area (Å²) in [7, 11) is -2.53. The van der Waals surface area contributed by atoms with Gasteiger partial charge >= 0.3 is 0 Å². The normalized spacial score (nSPS) is 11.4. The molecule has 0 radical (unpaired) electrons. The molecule has 0 aliphatic carbocycles. The fourth-order valence-electron chi connectivity index (χ4n) is 3.22. The average Bonchev–Trinajstić information content (AvgIpc) is 2.65. The van der Waals surface area contributed by atoms with E-state index in [1.807, 2.05) is 26.8 Å². The summed E-state index contributed by atoms with van der Waals surface area (Å²) in [5, 5.41) is 0. The minimum absolute atomic E-state index is 0.171. The average molecular weight is 404 g/mol. The second-order valence-corrected chi connectivity index (χ2v) is 8.78. The highest BCUT2D eigenvalue weighted by Crippen LogP contribution is 2.32. The summed E-state index contributed by atoms with van der Waals surface area (Å²) in [6.07, 6.45) is 1.61. The van der Waals surface area contributed by atoms with Crippen molar-refractivity contribution in [3.05, 3.63) is 52.6 Å². The first kappa shape index (κ1) is 22.0. The molecule has 0 bridgehead atoms. The zero-order chi connectivity index (χ0) is 21.1. The highest BCUT2D eigenvalue weighted by molar-refractivity contribution is 7.93. The summed E-state index contributed by atoms with van der Waals surface area (Å²) < 4.78 is 33.5. The first-order valence-corrected chi connectivity index (χ1v) is 10.9. The lowest BCUT2D eigenvalue weighted by Gasteiger charge is -2.26. The molecule has 0 aliphatic heterocycles. The third kappa shape index (κ3) is 4.22. The Hall–Kier alpha value is -2.34. The van der Waals surface area contributed by atoms with Gasteiger partial charge in [-0.3, -0.25) is 4.79 Å². The minimum Gasteiger partial charge on any atom is -0.497 e. The number of unbranched alkanes of at least 4 members (excludes halogenated alkanes) is 1. The Kier molecular flexibility index (Phi) is 6.88. The van der Waals surface area contributed by atoms with Crippen LogP contribution in [-0.2, 0) is 14.8 Å². The molecule has 2 aromatic rings. The smallest absolute Gasteiger partial charge is 0.271 e. The van der Waals surface area contributed by atoms with Crippen LogP contribution in [0.15, 0.2) is 35.2 Å². The predicted molar refractivity (Wildman–Crippen MR) is 113 cm³/mol. The van der Waals surface area contributed by atoms with Gasteiger partial charge in [-0.05, 0) is 80.6 Å². The molecule has 0 fully saturated rings. The molecule has 0 unspecified atom stereocenters. The van der Waals surface area contributed by atoms with E-state index in [2.05, 4.69) is 0 Å². The maximum atomic E-state index is 13.7. The molecule has 0 saturated carbocycles. The minimum atomic E-state index is -4.07. The van der Waals surface area contributed by atoms with Gasteiger partial charge < -0.3 is 4.74 Å². The first-order valence-electron chi connectivity index (χ1n) is 9.44. The van der Waals surface area contributed by atoms with E-state index in [9.17, 15) is 13.2 Å².